The largest absolute Gasteiger partial charge is 0.355 e. The van der Waals surface area contributed by atoms with Gasteiger partial charge in [-0.2, -0.15) is 0 Å². The Morgan fingerprint density at radius 1 is 1.06 bits per heavy atom. The molecule has 0 radical (unpaired) electrons. The van der Waals surface area contributed by atoms with Gasteiger partial charge in [-0.1, -0.05) is 51.4 Å². The molecule has 35 heavy (non-hydrogen) atoms. The molecule has 0 aliphatic rings. The van der Waals surface area contributed by atoms with Crippen LogP contribution in [0.15, 0.2) is 75.7 Å². The van der Waals surface area contributed by atoms with Crippen molar-refractivity contribution in [3.05, 3.63) is 82.5 Å². The molecule has 2 heterocycles. The van der Waals surface area contributed by atoms with Gasteiger partial charge in [0.2, 0.25) is 10.0 Å². The molecule has 5 rings (SSSR count). The van der Waals surface area contributed by atoms with Gasteiger partial charge in [-0.25, -0.2) is 13.5 Å². The number of halogens is 1. The summed E-state index contributed by atoms with van der Waals surface area (Å²) in [6.07, 6.45) is 0. The van der Waals surface area contributed by atoms with Gasteiger partial charge in [0.15, 0.2) is 17.1 Å². The van der Waals surface area contributed by atoms with Crippen molar-refractivity contribution in [1.29, 1.82) is 0 Å². The third-order valence-electron chi connectivity index (χ3n) is 4.99. The zero-order valence-electron chi connectivity index (χ0n) is 17.8. The summed E-state index contributed by atoms with van der Waals surface area (Å²) < 4.78 is 33.7. The molecule has 0 fully saturated rings. The lowest BCUT2D eigenvalue weighted by Crippen LogP contribution is -2.15. The summed E-state index contributed by atoms with van der Waals surface area (Å²) in [6, 6.07) is 18.7. The molecule has 3 aromatic carbocycles. The molecule has 0 saturated carbocycles. The van der Waals surface area contributed by atoms with E-state index < -0.39 is 15.9 Å². The Hall–Kier alpha value is -4.10. The number of H-pyrrole nitrogens is 1. The van der Waals surface area contributed by atoms with Crippen molar-refractivity contribution in [2.45, 2.75) is 5.75 Å². The van der Waals surface area contributed by atoms with E-state index in [0.29, 0.717) is 33.7 Å². The summed E-state index contributed by atoms with van der Waals surface area (Å²) in [5.74, 6) is -0.317. The first-order chi connectivity index (χ1) is 16.9. The second-order valence-electron chi connectivity index (χ2n) is 7.48. The van der Waals surface area contributed by atoms with Gasteiger partial charge in [-0.05, 0) is 46.3 Å². The minimum atomic E-state index is -3.65. The summed E-state index contributed by atoms with van der Waals surface area (Å²) in [5, 5.41) is 20.8. The van der Waals surface area contributed by atoms with Gasteiger partial charge in [0.1, 0.15) is 0 Å². The number of hydrogen-bond donors (Lipinski definition) is 3. The van der Waals surface area contributed by atoms with E-state index in [0.717, 1.165) is 4.47 Å². The van der Waals surface area contributed by atoms with Gasteiger partial charge in [-0.3, -0.25) is 9.52 Å². The van der Waals surface area contributed by atoms with Crippen LogP contribution in [0.25, 0.3) is 22.4 Å². The summed E-state index contributed by atoms with van der Waals surface area (Å²) in [4.78, 5) is 13.0. The van der Waals surface area contributed by atoms with Crippen molar-refractivity contribution in [1.82, 2.24) is 25.8 Å². The molecule has 2 aromatic heterocycles. The molecule has 0 atom stereocenters. The highest BCUT2D eigenvalue weighted by molar-refractivity contribution is 9.10. The van der Waals surface area contributed by atoms with E-state index in [2.05, 4.69) is 51.7 Å². The molecule has 176 valence electrons. The smallest absolute Gasteiger partial charge is 0.278 e. The number of rotatable bonds is 7. The second kappa shape index (κ2) is 9.27. The number of benzene rings is 3. The number of nitrogens with zero attached hydrogens (tertiary/aromatic N) is 4. The van der Waals surface area contributed by atoms with E-state index in [1.165, 1.54) is 6.07 Å². The minimum Gasteiger partial charge on any atom is -0.355 e. The molecule has 1 amide bonds. The summed E-state index contributed by atoms with van der Waals surface area (Å²) in [7, 11) is -3.65. The first-order valence-corrected chi connectivity index (χ1v) is 12.6. The van der Waals surface area contributed by atoms with Gasteiger partial charge < -0.3 is 9.84 Å². The lowest BCUT2D eigenvalue weighted by molar-refractivity contribution is 0.102. The lowest BCUT2D eigenvalue weighted by Gasteiger charge is -2.09. The van der Waals surface area contributed by atoms with Gasteiger partial charge in [-0.15, -0.1) is 5.10 Å². The van der Waals surface area contributed by atoms with E-state index in [-0.39, 0.29) is 17.0 Å². The van der Waals surface area contributed by atoms with Crippen LogP contribution in [0.1, 0.15) is 16.1 Å². The van der Waals surface area contributed by atoms with Crippen molar-refractivity contribution in [3.63, 3.8) is 0 Å². The van der Waals surface area contributed by atoms with Gasteiger partial charge in [0, 0.05) is 16.1 Å². The Morgan fingerprint density at radius 3 is 2.66 bits per heavy atom. The predicted molar refractivity (Wildman–Crippen MR) is 132 cm³/mol. The van der Waals surface area contributed by atoms with Crippen LogP contribution in [0.3, 0.4) is 0 Å². The van der Waals surface area contributed by atoms with Crippen LogP contribution < -0.4 is 10.0 Å². The van der Waals surface area contributed by atoms with Crippen LogP contribution in [0.2, 0.25) is 0 Å². The fourth-order valence-corrected chi connectivity index (χ4v) is 5.00. The molecular formula is C22H16BrN7O4S. The average Bonchev–Trinajstić information content (AvgIpc) is 3.50. The molecule has 0 aliphatic heterocycles. The Morgan fingerprint density at radius 2 is 1.89 bits per heavy atom. The summed E-state index contributed by atoms with van der Waals surface area (Å²) >= 11 is 3.39. The van der Waals surface area contributed by atoms with Crippen LogP contribution in [0.4, 0.5) is 11.4 Å². The third kappa shape index (κ3) is 5.05. The van der Waals surface area contributed by atoms with Crippen molar-refractivity contribution in [3.8, 4) is 11.4 Å². The van der Waals surface area contributed by atoms with Crippen LogP contribution in [-0.2, 0) is 15.8 Å². The van der Waals surface area contributed by atoms with E-state index >= 15 is 0 Å². The van der Waals surface area contributed by atoms with Gasteiger partial charge in [0.25, 0.3) is 5.91 Å². The number of aromatic nitrogens is 5. The number of amides is 1. The number of fused-ring (bicyclic) bond motifs is 1. The zero-order chi connectivity index (χ0) is 24.4. The SMILES string of the molecule is O=C(Nc1ccc(Br)cc1-c1nnn[nH]1)c1noc2cc(NS(=O)(=O)Cc3ccccc3)ccc12. The van der Waals surface area contributed by atoms with Crippen molar-refractivity contribution >= 4 is 54.2 Å². The van der Waals surface area contributed by atoms with Crippen LogP contribution in [-0.4, -0.2) is 40.1 Å². The van der Waals surface area contributed by atoms with Crippen molar-refractivity contribution in [2.24, 2.45) is 0 Å². The Labute approximate surface area is 207 Å². The molecule has 0 unspecified atom stereocenters. The molecule has 11 nitrogen and oxygen atoms in total. The van der Waals surface area contributed by atoms with Crippen molar-refractivity contribution in [2.75, 3.05) is 10.0 Å². The summed E-state index contributed by atoms with van der Waals surface area (Å²) in [5.41, 5.74) is 2.28. The number of anilines is 2. The normalized spacial score (nSPS) is 11.5. The molecule has 3 N–H and O–H groups in total. The molecular weight excluding hydrogens is 538 g/mol. The number of nitrogens with one attached hydrogen (secondary N) is 3. The Kier molecular flexibility index (Phi) is 6.01. The zero-order valence-corrected chi connectivity index (χ0v) is 20.2. The van der Waals surface area contributed by atoms with Crippen LogP contribution in [0, 0.1) is 0 Å². The maximum atomic E-state index is 13.0. The fourth-order valence-electron chi connectivity index (χ4n) is 3.45. The topological polar surface area (TPSA) is 156 Å². The molecule has 0 spiro atoms. The minimum absolute atomic E-state index is 0.0447. The predicted octanol–water partition coefficient (Wildman–Crippen LogP) is 3.96. The Balaban J connectivity index is 1.37. The third-order valence-corrected chi connectivity index (χ3v) is 6.74. The number of tetrazole rings is 1. The highest BCUT2D eigenvalue weighted by Crippen LogP contribution is 2.30. The standard InChI is InChI=1S/C22H16BrN7O4S/c23-14-6-9-18(17(10-14)21-25-29-30-26-21)24-22(31)20-16-8-7-15(11-19(16)34-27-20)28-35(32,33)12-13-4-2-1-3-5-13/h1-11,28H,12H2,(H,24,31)(H,25,26,29,30). The molecule has 0 saturated heterocycles. The second-order valence-corrected chi connectivity index (χ2v) is 10.1. The summed E-state index contributed by atoms with van der Waals surface area (Å²) in [6.45, 7) is 0. The van der Waals surface area contributed by atoms with Gasteiger partial charge in [0.05, 0.1) is 22.5 Å². The quantitative estimate of drug-likeness (QED) is 0.273. The number of carbonyl (C=O) groups is 1. The fraction of sp³-hybridized carbons (Fsp3) is 0.0455. The molecule has 0 aliphatic carbocycles. The maximum Gasteiger partial charge on any atom is 0.278 e. The van der Waals surface area contributed by atoms with E-state index in [1.54, 1.807) is 54.6 Å². The number of sulfonamides is 1. The average molecular weight is 554 g/mol. The first-order valence-electron chi connectivity index (χ1n) is 10.2. The van der Waals surface area contributed by atoms with E-state index in [1.807, 2.05) is 6.07 Å². The monoisotopic (exact) mass is 553 g/mol. The molecule has 5 aromatic rings. The highest BCUT2D eigenvalue weighted by Gasteiger charge is 2.20. The lowest BCUT2D eigenvalue weighted by atomic mass is 10.1. The molecule has 13 heteroatoms. The van der Waals surface area contributed by atoms with Crippen molar-refractivity contribution < 1.29 is 17.7 Å². The van der Waals surface area contributed by atoms with Crippen LogP contribution >= 0.6 is 15.9 Å². The number of carbonyl (C=O) groups excluding carboxylic acids is 1. The number of hydrogen-bond acceptors (Lipinski definition) is 8. The number of aromatic amines is 1. The Bertz CT molecular complexity index is 1620. The van der Waals surface area contributed by atoms with Gasteiger partial charge >= 0.3 is 0 Å². The first kappa shape index (κ1) is 22.7. The maximum absolute atomic E-state index is 13.0. The molecule has 0 bridgehead atoms. The highest BCUT2D eigenvalue weighted by atomic mass is 79.9. The van der Waals surface area contributed by atoms with E-state index in [4.69, 9.17) is 4.52 Å². The van der Waals surface area contributed by atoms with E-state index in [9.17, 15) is 13.2 Å². The van der Waals surface area contributed by atoms with Crippen LogP contribution in [0.5, 0.6) is 0 Å².